The second-order valence-electron chi connectivity index (χ2n) is 8.20. The highest BCUT2D eigenvalue weighted by atomic mass is 14.7. The molecule has 0 fully saturated rings. The number of aromatic nitrogens is 3. The topological polar surface area (TPSA) is 38.7 Å². The van der Waals surface area contributed by atoms with E-state index in [4.69, 9.17) is 9.97 Å². The second-order valence-corrected chi connectivity index (χ2v) is 8.20. The molecule has 0 bridgehead atoms. The fourth-order valence-electron chi connectivity index (χ4n) is 4.68. The van der Waals surface area contributed by atoms with Crippen LogP contribution >= 0.6 is 0 Å². The van der Waals surface area contributed by atoms with Gasteiger partial charge in [-0.3, -0.25) is 15.0 Å². The van der Waals surface area contributed by atoms with E-state index in [9.17, 15) is 0 Å². The van der Waals surface area contributed by atoms with Crippen LogP contribution in [0.1, 0.15) is 11.3 Å². The predicted molar refractivity (Wildman–Crippen MR) is 133 cm³/mol. The van der Waals surface area contributed by atoms with Crippen LogP contribution in [-0.4, -0.2) is 15.0 Å². The fourth-order valence-corrected chi connectivity index (χ4v) is 4.68. The first-order valence-corrected chi connectivity index (χ1v) is 10.8. The van der Waals surface area contributed by atoms with Gasteiger partial charge in [0.2, 0.25) is 0 Å². The van der Waals surface area contributed by atoms with Crippen LogP contribution in [-0.2, 0) is 0 Å². The Morgan fingerprint density at radius 3 is 1.91 bits per heavy atom. The lowest BCUT2D eigenvalue weighted by atomic mass is 9.93. The number of aryl methyl sites for hydroxylation is 2. The molecule has 0 spiro atoms. The lowest BCUT2D eigenvalue weighted by Gasteiger charge is -2.14. The summed E-state index contributed by atoms with van der Waals surface area (Å²) in [4.78, 5) is 14.4. The standard InChI is InChI=1S/C29H21N3/c1-18-13-14-25(28-20(18)12-7-15-30-28)29-24-11-6-5-10-23(24)27(17-32-29)26-16-31-19(2)21-8-3-4-9-22(21)26/h3-17H,1-2H3. The maximum atomic E-state index is 4.99. The minimum absolute atomic E-state index is 0.956. The molecule has 0 aliphatic carbocycles. The lowest BCUT2D eigenvalue weighted by molar-refractivity contribution is 1.23. The van der Waals surface area contributed by atoms with Crippen molar-refractivity contribution in [2.75, 3.05) is 0 Å². The van der Waals surface area contributed by atoms with E-state index in [2.05, 4.69) is 85.6 Å². The molecule has 152 valence electrons. The molecule has 3 heteroatoms. The van der Waals surface area contributed by atoms with Crippen LogP contribution in [0.25, 0.3) is 54.8 Å². The Labute approximate surface area is 186 Å². The Hall–Kier alpha value is -4.11. The molecule has 0 amide bonds. The van der Waals surface area contributed by atoms with Crippen molar-refractivity contribution in [3.8, 4) is 22.4 Å². The highest BCUT2D eigenvalue weighted by molar-refractivity contribution is 6.10. The normalized spacial score (nSPS) is 11.4. The maximum absolute atomic E-state index is 4.99. The van der Waals surface area contributed by atoms with Gasteiger partial charge in [-0.05, 0) is 36.2 Å². The van der Waals surface area contributed by atoms with Crippen molar-refractivity contribution >= 4 is 32.4 Å². The van der Waals surface area contributed by atoms with Crippen molar-refractivity contribution in [2.45, 2.75) is 13.8 Å². The summed E-state index contributed by atoms with van der Waals surface area (Å²) < 4.78 is 0. The Kier molecular flexibility index (Phi) is 4.22. The average Bonchev–Trinajstić information content (AvgIpc) is 2.85. The molecule has 3 aromatic heterocycles. The third-order valence-electron chi connectivity index (χ3n) is 6.32. The molecule has 3 heterocycles. The summed E-state index contributed by atoms with van der Waals surface area (Å²) in [7, 11) is 0. The lowest BCUT2D eigenvalue weighted by Crippen LogP contribution is -1.94. The van der Waals surface area contributed by atoms with E-state index in [1.807, 2.05) is 24.7 Å². The minimum Gasteiger partial charge on any atom is -0.260 e. The summed E-state index contributed by atoms with van der Waals surface area (Å²) in [5, 5.41) is 5.81. The van der Waals surface area contributed by atoms with Gasteiger partial charge in [0.25, 0.3) is 0 Å². The largest absolute Gasteiger partial charge is 0.260 e. The van der Waals surface area contributed by atoms with Crippen molar-refractivity contribution in [3.05, 3.63) is 103 Å². The minimum atomic E-state index is 0.956. The third-order valence-corrected chi connectivity index (χ3v) is 6.32. The van der Waals surface area contributed by atoms with E-state index in [-0.39, 0.29) is 0 Å². The van der Waals surface area contributed by atoms with Crippen LogP contribution in [0.15, 0.2) is 91.4 Å². The molecule has 0 atom stereocenters. The third kappa shape index (κ3) is 2.78. The van der Waals surface area contributed by atoms with E-state index in [1.165, 1.54) is 16.3 Å². The van der Waals surface area contributed by atoms with Crippen molar-refractivity contribution in [1.29, 1.82) is 0 Å². The van der Waals surface area contributed by atoms with Gasteiger partial charge in [0, 0.05) is 57.1 Å². The molecule has 0 saturated carbocycles. The van der Waals surface area contributed by atoms with Gasteiger partial charge < -0.3 is 0 Å². The summed E-state index contributed by atoms with van der Waals surface area (Å²) in [5.41, 5.74) is 7.45. The molecule has 0 unspecified atom stereocenters. The quantitative estimate of drug-likeness (QED) is 0.300. The van der Waals surface area contributed by atoms with Gasteiger partial charge in [0.1, 0.15) is 0 Å². The number of fused-ring (bicyclic) bond motifs is 3. The Morgan fingerprint density at radius 2 is 1.12 bits per heavy atom. The molecule has 3 aromatic carbocycles. The molecule has 6 rings (SSSR count). The molecule has 0 aliphatic rings. The van der Waals surface area contributed by atoms with Crippen molar-refractivity contribution in [1.82, 2.24) is 15.0 Å². The highest BCUT2D eigenvalue weighted by Crippen LogP contribution is 2.38. The first kappa shape index (κ1) is 18.6. The monoisotopic (exact) mass is 411 g/mol. The van der Waals surface area contributed by atoms with Gasteiger partial charge in [0.05, 0.1) is 11.2 Å². The molecule has 6 aromatic rings. The van der Waals surface area contributed by atoms with Gasteiger partial charge in [-0.1, -0.05) is 66.7 Å². The summed E-state index contributed by atoms with van der Waals surface area (Å²) in [5.74, 6) is 0. The van der Waals surface area contributed by atoms with Gasteiger partial charge in [-0.25, -0.2) is 0 Å². The second kappa shape index (κ2) is 7.24. The van der Waals surface area contributed by atoms with E-state index in [0.29, 0.717) is 0 Å². The van der Waals surface area contributed by atoms with Gasteiger partial charge >= 0.3 is 0 Å². The van der Waals surface area contributed by atoms with Crippen molar-refractivity contribution in [3.63, 3.8) is 0 Å². The summed E-state index contributed by atoms with van der Waals surface area (Å²) in [6.07, 6.45) is 5.82. The van der Waals surface area contributed by atoms with Crippen LogP contribution in [0.3, 0.4) is 0 Å². The SMILES string of the molecule is Cc1ncc(-c2cnc(-c3ccc(C)c4cccnc34)c3ccccc23)c2ccccc12. The van der Waals surface area contributed by atoms with Gasteiger partial charge in [-0.2, -0.15) is 0 Å². The summed E-state index contributed by atoms with van der Waals surface area (Å²) >= 11 is 0. The van der Waals surface area contributed by atoms with Crippen molar-refractivity contribution in [2.24, 2.45) is 0 Å². The molecular weight excluding hydrogens is 390 g/mol. The van der Waals surface area contributed by atoms with Gasteiger partial charge in [-0.15, -0.1) is 0 Å². The van der Waals surface area contributed by atoms with E-state index in [1.54, 1.807) is 0 Å². The fraction of sp³-hybridized carbons (Fsp3) is 0.0690. The number of rotatable bonds is 2. The number of hydrogen-bond acceptors (Lipinski definition) is 3. The van der Waals surface area contributed by atoms with E-state index in [0.717, 1.165) is 49.8 Å². The smallest absolute Gasteiger partial charge is 0.0802 e. The number of nitrogens with zero attached hydrogens (tertiary/aromatic N) is 3. The van der Waals surface area contributed by atoms with E-state index >= 15 is 0 Å². The molecule has 0 saturated heterocycles. The zero-order chi connectivity index (χ0) is 21.7. The maximum Gasteiger partial charge on any atom is 0.0802 e. The number of pyridine rings is 3. The van der Waals surface area contributed by atoms with Crippen molar-refractivity contribution < 1.29 is 0 Å². The molecule has 3 nitrogen and oxygen atoms in total. The Bertz CT molecular complexity index is 1530. The highest BCUT2D eigenvalue weighted by Gasteiger charge is 2.16. The van der Waals surface area contributed by atoms with Crippen LogP contribution in [0.2, 0.25) is 0 Å². The summed E-state index contributed by atoms with van der Waals surface area (Å²) in [6, 6.07) is 25.4. The first-order chi connectivity index (χ1) is 15.7. The Balaban J connectivity index is 1.67. The molecule has 32 heavy (non-hydrogen) atoms. The number of hydrogen-bond donors (Lipinski definition) is 0. The predicted octanol–water partition coefficient (Wildman–Crippen LogP) is 7.28. The van der Waals surface area contributed by atoms with Crippen LogP contribution in [0, 0.1) is 13.8 Å². The molecule has 0 radical (unpaired) electrons. The van der Waals surface area contributed by atoms with Crippen LogP contribution < -0.4 is 0 Å². The Morgan fingerprint density at radius 1 is 0.500 bits per heavy atom. The zero-order valence-corrected chi connectivity index (χ0v) is 18.0. The van der Waals surface area contributed by atoms with E-state index < -0.39 is 0 Å². The zero-order valence-electron chi connectivity index (χ0n) is 18.0. The molecule has 0 N–H and O–H groups in total. The summed E-state index contributed by atoms with van der Waals surface area (Å²) in [6.45, 7) is 4.18. The number of benzene rings is 3. The van der Waals surface area contributed by atoms with Crippen LogP contribution in [0.4, 0.5) is 0 Å². The first-order valence-electron chi connectivity index (χ1n) is 10.8. The van der Waals surface area contributed by atoms with Crippen LogP contribution in [0.5, 0.6) is 0 Å². The average molecular weight is 412 g/mol. The molecule has 0 aliphatic heterocycles. The van der Waals surface area contributed by atoms with Gasteiger partial charge in [0.15, 0.2) is 0 Å². The molecular formula is C29H21N3.